The van der Waals surface area contributed by atoms with Crippen molar-refractivity contribution in [3.8, 4) is 5.75 Å². The number of hydrogen-bond acceptors (Lipinski definition) is 3. The van der Waals surface area contributed by atoms with Crippen LogP contribution in [0.15, 0.2) is 48.5 Å². The highest BCUT2D eigenvalue weighted by molar-refractivity contribution is 6.35. The number of nitrogens with zero attached hydrogens (tertiary/aromatic N) is 2. The van der Waals surface area contributed by atoms with Crippen molar-refractivity contribution in [1.29, 1.82) is 0 Å². The van der Waals surface area contributed by atoms with Crippen molar-refractivity contribution in [1.82, 2.24) is 9.80 Å². The van der Waals surface area contributed by atoms with Gasteiger partial charge in [0.15, 0.2) is 0 Å². The maximum absolute atomic E-state index is 12.8. The summed E-state index contributed by atoms with van der Waals surface area (Å²) in [7, 11) is 0. The number of benzene rings is 2. The molecule has 2 amide bonds. The molecular formula is C21H22Cl2N2O3. The molecule has 1 fully saturated rings. The van der Waals surface area contributed by atoms with Crippen LogP contribution >= 0.6 is 23.2 Å². The van der Waals surface area contributed by atoms with E-state index in [2.05, 4.69) is 0 Å². The number of carbonyl (C=O) groups excluding carboxylic acids is 2. The molecular weight excluding hydrogens is 399 g/mol. The molecule has 0 radical (unpaired) electrons. The third kappa shape index (κ3) is 5.40. The Morgan fingerprint density at radius 1 is 0.929 bits per heavy atom. The van der Waals surface area contributed by atoms with Gasteiger partial charge in [-0.05, 0) is 36.8 Å². The Balaban J connectivity index is 1.52. The number of hydrogen-bond donors (Lipinski definition) is 0. The van der Waals surface area contributed by atoms with Gasteiger partial charge in [-0.25, -0.2) is 0 Å². The summed E-state index contributed by atoms with van der Waals surface area (Å²) in [5, 5.41) is 0.849. The first-order valence-corrected chi connectivity index (χ1v) is 10.00. The van der Waals surface area contributed by atoms with Gasteiger partial charge in [0.1, 0.15) is 5.75 Å². The zero-order valence-electron chi connectivity index (χ0n) is 15.4. The second kappa shape index (κ2) is 9.80. The predicted molar refractivity (Wildman–Crippen MR) is 110 cm³/mol. The normalized spacial score (nSPS) is 14.5. The summed E-state index contributed by atoms with van der Waals surface area (Å²) >= 11 is 12.1. The lowest BCUT2D eigenvalue weighted by Gasteiger charge is -2.22. The van der Waals surface area contributed by atoms with Crippen molar-refractivity contribution in [3.63, 3.8) is 0 Å². The highest BCUT2D eigenvalue weighted by atomic mass is 35.5. The van der Waals surface area contributed by atoms with E-state index in [1.54, 1.807) is 28.0 Å². The number of para-hydroxylation sites is 1. The third-order valence-corrected chi connectivity index (χ3v) is 5.19. The molecule has 7 heteroatoms. The SMILES string of the molecule is O=C(CCOc1ccccc1)N1CCCN(C(=O)c2cc(Cl)ccc2Cl)CC1. The summed E-state index contributed by atoms with van der Waals surface area (Å²) in [6.07, 6.45) is 1.03. The molecule has 1 aliphatic rings. The lowest BCUT2D eigenvalue weighted by Crippen LogP contribution is -2.37. The number of rotatable bonds is 5. The monoisotopic (exact) mass is 420 g/mol. The largest absolute Gasteiger partial charge is 0.493 e. The fraction of sp³-hybridized carbons (Fsp3) is 0.333. The molecule has 5 nitrogen and oxygen atoms in total. The molecule has 28 heavy (non-hydrogen) atoms. The van der Waals surface area contributed by atoms with Crippen LogP contribution in [0.4, 0.5) is 0 Å². The summed E-state index contributed by atoms with van der Waals surface area (Å²) in [6.45, 7) is 2.49. The highest BCUT2D eigenvalue weighted by Crippen LogP contribution is 2.22. The van der Waals surface area contributed by atoms with Gasteiger partial charge in [0.25, 0.3) is 5.91 Å². The predicted octanol–water partition coefficient (Wildman–Crippen LogP) is 4.14. The first-order chi connectivity index (χ1) is 13.5. The molecule has 148 valence electrons. The van der Waals surface area contributed by atoms with E-state index in [1.165, 1.54) is 0 Å². The van der Waals surface area contributed by atoms with Gasteiger partial charge in [0.05, 0.1) is 23.6 Å². The Hall–Kier alpha value is -2.24. The number of carbonyl (C=O) groups is 2. The minimum absolute atomic E-state index is 0.0334. The Morgan fingerprint density at radius 3 is 2.43 bits per heavy atom. The van der Waals surface area contributed by atoms with Crippen molar-refractivity contribution >= 4 is 35.0 Å². The van der Waals surface area contributed by atoms with Gasteiger partial charge in [-0.15, -0.1) is 0 Å². The summed E-state index contributed by atoms with van der Waals surface area (Å²) in [6, 6.07) is 14.3. The van der Waals surface area contributed by atoms with Gasteiger partial charge >= 0.3 is 0 Å². The van der Waals surface area contributed by atoms with E-state index in [-0.39, 0.29) is 11.8 Å². The molecule has 0 spiro atoms. The summed E-state index contributed by atoms with van der Waals surface area (Å²) in [5.41, 5.74) is 0.394. The number of halogens is 2. The Labute approximate surface area is 174 Å². The second-order valence-corrected chi connectivity index (χ2v) is 7.41. The molecule has 0 bridgehead atoms. The van der Waals surface area contributed by atoms with Gasteiger partial charge < -0.3 is 14.5 Å². The molecule has 1 aliphatic heterocycles. The Kier molecular flexibility index (Phi) is 7.18. The van der Waals surface area contributed by atoms with Gasteiger partial charge in [-0.1, -0.05) is 41.4 Å². The molecule has 1 heterocycles. The summed E-state index contributed by atoms with van der Waals surface area (Å²) in [4.78, 5) is 28.8. The van der Waals surface area contributed by atoms with Crippen molar-refractivity contribution in [2.24, 2.45) is 0 Å². The fourth-order valence-electron chi connectivity index (χ4n) is 3.13. The molecule has 0 saturated carbocycles. The fourth-order valence-corrected chi connectivity index (χ4v) is 3.50. The maximum atomic E-state index is 12.8. The smallest absolute Gasteiger partial charge is 0.255 e. The van der Waals surface area contributed by atoms with Crippen LogP contribution in [0.1, 0.15) is 23.2 Å². The average molecular weight is 421 g/mol. The van der Waals surface area contributed by atoms with E-state index in [0.29, 0.717) is 54.8 Å². The van der Waals surface area contributed by atoms with Crippen LogP contribution in [-0.4, -0.2) is 54.4 Å². The van der Waals surface area contributed by atoms with E-state index < -0.39 is 0 Å². The Morgan fingerprint density at radius 2 is 1.64 bits per heavy atom. The number of amides is 2. The maximum Gasteiger partial charge on any atom is 0.255 e. The van der Waals surface area contributed by atoms with Crippen LogP contribution < -0.4 is 4.74 Å². The molecule has 0 aromatic heterocycles. The van der Waals surface area contributed by atoms with Crippen molar-refractivity contribution in [2.75, 3.05) is 32.8 Å². The van der Waals surface area contributed by atoms with Crippen molar-refractivity contribution in [2.45, 2.75) is 12.8 Å². The highest BCUT2D eigenvalue weighted by Gasteiger charge is 2.24. The van der Waals surface area contributed by atoms with E-state index in [1.807, 2.05) is 30.3 Å². The molecule has 0 atom stereocenters. The second-order valence-electron chi connectivity index (χ2n) is 6.56. The van der Waals surface area contributed by atoms with Crippen molar-refractivity contribution < 1.29 is 14.3 Å². The zero-order valence-corrected chi connectivity index (χ0v) is 17.0. The van der Waals surface area contributed by atoms with Gasteiger partial charge in [0, 0.05) is 31.2 Å². The zero-order chi connectivity index (χ0) is 19.9. The van der Waals surface area contributed by atoms with Crippen LogP contribution in [0.25, 0.3) is 0 Å². The molecule has 3 rings (SSSR count). The Bertz CT molecular complexity index is 830. The molecule has 0 unspecified atom stereocenters. The molecule has 2 aromatic carbocycles. The molecule has 0 aliphatic carbocycles. The third-order valence-electron chi connectivity index (χ3n) is 4.62. The quantitative estimate of drug-likeness (QED) is 0.730. The summed E-state index contributed by atoms with van der Waals surface area (Å²) < 4.78 is 5.60. The molecule has 1 saturated heterocycles. The lowest BCUT2D eigenvalue weighted by atomic mass is 10.2. The van der Waals surface area contributed by atoms with E-state index in [0.717, 1.165) is 12.2 Å². The number of ether oxygens (including phenoxy) is 1. The molecule has 0 N–H and O–H groups in total. The average Bonchev–Trinajstić information content (AvgIpc) is 2.96. The van der Waals surface area contributed by atoms with Crippen LogP contribution in [-0.2, 0) is 4.79 Å². The van der Waals surface area contributed by atoms with Gasteiger partial charge in [0.2, 0.25) is 5.91 Å². The standard InChI is InChI=1S/C21H22Cl2N2O3/c22-16-7-8-19(23)18(15-16)21(27)25-11-4-10-24(12-13-25)20(26)9-14-28-17-5-2-1-3-6-17/h1-3,5-8,15H,4,9-14H2. The summed E-state index contributed by atoms with van der Waals surface area (Å²) in [5.74, 6) is 0.626. The lowest BCUT2D eigenvalue weighted by molar-refractivity contribution is -0.131. The minimum atomic E-state index is -0.158. The van der Waals surface area contributed by atoms with Crippen LogP contribution in [0.3, 0.4) is 0 Å². The van der Waals surface area contributed by atoms with Gasteiger partial charge in [-0.3, -0.25) is 9.59 Å². The minimum Gasteiger partial charge on any atom is -0.493 e. The van der Waals surface area contributed by atoms with E-state index in [9.17, 15) is 9.59 Å². The van der Waals surface area contributed by atoms with Crippen LogP contribution in [0, 0.1) is 0 Å². The van der Waals surface area contributed by atoms with Crippen LogP contribution in [0.2, 0.25) is 10.0 Å². The first kappa shape index (κ1) is 20.5. The van der Waals surface area contributed by atoms with Crippen LogP contribution in [0.5, 0.6) is 5.75 Å². The van der Waals surface area contributed by atoms with E-state index in [4.69, 9.17) is 27.9 Å². The van der Waals surface area contributed by atoms with E-state index >= 15 is 0 Å². The van der Waals surface area contributed by atoms with Gasteiger partial charge in [-0.2, -0.15) is 0 Å². The molecule has 2 aromatic rings. The topological polar surface area (TPSA) is 49.9 Å². The van der Waals surface area contributed by atoms with Crippen molar-refractivity contribution in [3.05, 3.63) is 64.1 Å². The first-order valence-electron chi connectivity index (χ1n) is 9.24.